The van der Waals surface area contributed by atoms with Crippen molar-refractivity contribution in [2.24, 2.45) is 0 Å². The summed E-state index contributed by atoms with van der Waals surface area (Å²) in [6.07, 6.45) is 20.0. The normalized spacial score (nSPS) is 14.1. The predicted molar refractivity (Wildman–Crippen MR) is 101 cm³/mol. The van der Waals surface area contributed by atoms with Gasteiger partial charge in [-0.15, -0.1) is 0 Å². The Bertz CT molecular complexity index is 228. The molecule has 23 heavy (non-hydrogen) atoms. The molecular formula is C21H43FO. The van der Waals surface area contributed by atoms with Crippen molar-refractivity contribution in [1.29, 1.82) is 0 Å². The van der Waals surface area contributed by atoms with Crippen LogP contribution in [-0.4, -0.2) is 11.0 Å². The third-order valence-corrected chi connectivity index (χ3v) is 4.83. The van der Waals surface area contributed by atoms with Crippen molar-refractivity contribution >= 4 is 0 Å². The minimum Gasteiger partial charge on any atom is -0.362 e. The number of halogens is 1. The second kappa shape index (κ2) is 16.7. The van der Waals surface area contributed by atoms with E-state index >= 15 is 0 Å². The summed E-state index contributed by atoms with van der Waals surface area (Å²) in [6, 6.07) is 0. The number of alkyl halides is 1. The van der Waals surface area contributed by atoms with Gasteiger partial charge in [0.05, 0.1) is 0 Å². The van der Waals surface area contributed by atoms with Gasteiger partial charge in [0.15, 0.2) is 0 Å². The zero-order chi connectivity index (χ0) is 17.2. The van der Waals surface area contributed by atoms with Crippen LogP contribution in [0.3, 0.4) is 0 Å². The Kier molecular flexibility index (Phi) is 16.7. The van der Waals surface area contributed by atoms with Gasteiger partial charge in [-0.3, -0.25) is 0 Å². The van der Waals surface area contributed by atoms with E-state index in [-0.39, 0.29) is 0 Å². The van der Waals surface area contributed by atoms with Gasteiger partial charge in [0.25, 0.3) is 0 Å². The fourth-order valence-electron chi connectivity index (χ4n) is 3.18. The largest absolute Gasteiger partial charge is 0.362 e. The lowest BCUT2D eigenvalue weighted by Gasteiger charge is -2.18. The Balaban J connectivity index is 3.28. The number of hydrogen-bond acceptors (Lipinski definition) is 1. The molecule has 0 aromatic heterocycles. The molecule has 1 nitrogen and oxygen atoms in total. The van der Waals surface area contributed by atoms with Crippen LogP contribution in [0.25, 0.3) is 0 Å². The van der Waals surface area contributed by atoms with E-state index in [1.807, 2.05) is 0 Å². The zero-order valence-electron chi connectivity index (χ0n) is 16.1. The van der Waals surface area contributed by atoms with Gasteiger partial charge in [-0.05, 0) is 12.8 Å². The summed E-state index contributed by atoms with van der Waals surface area (Å²) in [7, 11) is 0. The first-order chi connectivity index (χ1) is 11.1. The van der Waals surface area contributed by atoms with Crippen molar-refractivity contribution in [2.45, 2.75) is 135 Å². The summed E-state index contributed by atoms with van der Waals surface area (Å²) in [5.41, 5.74) is 0. The fourth-order valence-corrected chi connectivity index (χ4v) is 3.18. The van der Waals surface area contributed by atoms with Gasteiger partial charge >= 0.3 is 0 Å². The molecule has 140 valence electrons. The van der Waals surface area contributed by atoms with E-state index in [1.54, 1.807) is 0 Å². The number of aliphatic hydroxyl groups is 1. The Morgan fingerprint density at radius 3 is 1.09 bits per heavy atom. The number of hydrogen-bond donors (Lipinski definition) is 1. The molecule has 0 aliphatic carbocycles. The van der Waals surface area contributed by atoms with Gasteiger partial charge in [-0.25, -0.2) is 4.39 Å². The van der Waals surface area contributed by atoms with Gasteiger partial charge in [0.2, 0.25) is 5.85 Å². The van der Waals surface area contributed by atoms with Crippen molar-refractivity contribution < 1.29 is 9.50 Å². The van der Waals surface area contributed by atoms with E-state index in [1.165, 1.54) is 77.0 Å². The molecule has 0 aliphatic rings. The van der Waals surface area contributed by atoms with E-state index < -0.39 is 5.85 Å². The standard InChI is InChI=1S/C21H43FO/c1-3-5-7-9-10-11-12-13-14-16-18-20-21(22,23)19-17-15-8-6-4-2/h23H,3-20H2,1-2H3. The maximum absolute atomic E-state index is 13.9. The van der Waals surface area contributed by atoms with Crippen LogP contribution in [-0.2, 0) is 0 Å². The van der Waals surface area contributed by atoms with Crippen molar-refractivity contribution in [3.05, 3.63) is 0 Å². The zero-order valence-corrected chi connectivity index (χ0v) is 16.1. The van der Waals surface area contributed by atoms with Crippen LogP contribution < -0.4 is 0 Å². The monoisotopic (exact) mass is 330 g/mol. The van der Waals surface area contributed by atoms with Crippen molar-refractivity contribution in [1.82, 2.24) is 0 Å². The minimum absolute atomic E-state index is 0.328. The third-order valence-electron chi connectivity index (χ3n) is 4.83. The van der Waals surface area contributed by atoms with Crippen LogP contribution in [0.5, 0.6) is 0 Å². The fraction of sp³-hybridized carbons (Fsp3) is 1.00. The second-order valence-electron chi connectivity index (χ2n) is 7.37. The molecule has 0 aromatic carbocycles. The molecule has 1 atom stereocenters. The van der Waals surface area contributed by atoms with Crippen LogP contribution in [0, 0.1) is 0 Å². The van der Waals surface area contributed by atoms with Gasteiger partial charge < -0.3 is 5.11 Å². The quantitative estimate of drug-likeness (QED) is 0.255. The predicted octanol–water partition coefficient (Wildman–Crippen LogP) is 7.71. The van der Waals surface area contributed by atoms with Crippen LogP contribution in [0.1, 0.15) is 129 Å². The smallest absolute Gasteiger partial charge is 0.206 e. The second-order valence-corrected chi connectivity index (χ2v) is 7.37. The molecular weight excluding hydrogens is 287 g/mol. The molecule has 0 spiro atoms. The Morgan fingerprint density at radius 2 is 0.783 bits per heavy atom. The third kappa shape index (κ3) is 18.1. The Labute approximate surface area is 145 Å². The van der Waals surface area contributed by atoms with E-state index in [4.69, 9.17) is 0 Å². The molecule has 0 heterocycles. The molecule has 0 aromatic rings. The minimum atomic E-state index is -1.91. The number of rotatable bonds is 18. The van der Waals surface area contributed by atoms with Gasteiger partial charge in [-0.2, -0.15) is 0 Å². The summed E-state index contributed by atoms with van der Waals surface area (Å²) in [6.45, 7) is 4.43. The van der Waals surface area contributed by atoms with Crippen LogP contribution in [0.4, 0.5) is 4.39 Å². The molecule has 0 saturated carbocycles. The molecule has 2 heteroatoms. The molecule has 0 amide bonds. The lowest BCUT2D eigenvalue weighted by molar-refractivity contribution is -0.103. The van der Waals surface area contributed by atoms with Crippen molar-refractivity contribution in [3.8, 4) is 0 Å². The average molecular weight is 331 g/mol. The van der Waals surface area contributed by atoms with Gasteiger partial charge in [0.1, 0.15) is 0 Å². The summed E-state index contributed by atoms with van der Waals surface area (Å²) in [5.74, 6) is -1.91. The van der Waals surface area contributed by atoms with Crippen LogP contribution >= 0.6 is 0 Å². The lowest BCUT2D eigenvalue weighted by Crippen LogP contribution is -2.21. The number of unbranched alkanes of at least 4 members (excludes halogenated alkanes) is 14. The summed E-state index contributed by atoms with van der Waals surface area (Å²) in [5, 5.41) is 9.75. The maximum Gasteiger partial charge on any atom is 0.206 e. The molecule has 0 saturated heterocycles. The maximum atomic E-state index is 13.9. The van der Waals surface area contributed by atoms with Gasteiger partial charge in [0, 0.05) is 12.8 Å². The first kappa shape index (κ1) is 22.9. The highest BCUT2D eigenvalue weighted by Gasteiger charge is 2.24. The first-order valence-corrected chi connectivity index (χ1v) is 10.5. The van der Waals surface area contributed by atoms with Crippen LogP contribution in [0.15, 0.2) is 0 Å². The molecule has 0 bridgehead atoms. The van der Waals surface area contributed by atoms with E-state index in [0.717, 1.165) is 25.7 Å². The first-order valence-electron chi connectivity index (χ1n) is 10.5. The Hall–Kier alpha value is -0.110. The lowest BCUT2D eigenvalue weighted by atomic mass is 10.00. The highest BCUT2D eigenvalue weighted by Crippen LogP contribution is 2.24. The molecule has 0 radical (unpaired) electrons. The summed E-state index contributed by atoms with van der Waals surface area (Å²) in [4.78, 5) is 0. The molecule has 0 fully saturated rings. The van der Waals surface area contributed by atoms with E-state index in [9.17, 15) is 9.50 Å². The van der Waals surface area contributed by atoms with Crippen molar-refractivity contribution in [2.75, 3.05) is 0 Å². The average Bonchev–Trinajstić information content (AvgIpc) is 2.52. The van der Waals surface area contributed by atoms with E-state index in [0.29, 0.717) is 12.8 Å². The highest BCUT2D eigenvalue weighted by molar-refractivity contribution is 4.65. The Morgan fingerprint density at radius 1 is 0.522 bits per heavy atom. The van der Waals surface area contributed by atoms with E-state index in [2.05, 4.69) is 13.8 Å². The molecule has 0 rings (SSSR count). The molecule has 1 unspecified atom stereocenters. The van der Waals surface area contributed by atoms with Gasteiger partial charge in [-0.1, -0.05) is 104 Å². The summed E-state index contributed by atoms with van der Waals surface area (Å²) < 4.78 is 13.9. The molecule has 0 aliphatic heterocycles. The van der Waals surface area contributed by atoms with Crippen LogP contribution in [0.2, 0.25) is 0 Å². The summed E-state index contributed by atoms with van der Waals surface area (Å²) >= 11 is 0. The SMILES string of the molecule is CCCCCCCCCCCCCC(O)(F)CCCCCCC. The van der Waals surface area contributed by atoms with Crippen molar-refractivity contribution in [3.63, 3.8) is 0 Å². The highest BCUT2D eigenvalue weighted by atomic mass is 19.2. The topological polar surface area (TPSA) is 20.2 Å². The molecule has 1 N–H and O–H groups in total.